The first kappa shape index (κ1) is 67.7. The molecule has 398 valence electrons. The van der Waals surface area contributed by atoms with Gasteiger partial charge in [-0.05, 0) is 31.6 Å². The lowest BCUT2D eigenvalue weighted by atomic mass is 9.96. The quantitative estimate of drug-likeness (QED) is 0.0253. The molecule has 39 nitrogen and oxygen atoms in total. The van der Waals surface area contributed by atoms with Crippen molar-refractivity contribution in [2.24, 2.45) is 5.92 Å². The van der Waals surface area contributed by atoms with Gasteiger partial charge in [0, 0.05) is 19.6 Å². The van der Waals surface area contributed by atoms with E-state index in [9.17, 15) is 172 Å². The molecule has 0 aromatic rings. The van der Waals surface area contributed by atoms with Crippen LogP contribution < -0.4 is 0 Å². The second kappa shape index (κ2) is 23.1. The highest BCUT2D eigenvalue weighted by atomic mass is 31.3. The van der Waals surface area contributed by atoms with Gasteiger partial charge in [0.05, 0.1) is 0 Å². The van der Waals surface area contributed by atoms with Gasteiger partial charge < -0.3 is 117 Å². The van der Waals surface area contributed by atoms with Gasteiger partial charge in [-0.2, -0.15) is 0 Å². The van der Waals surface area contributed by atoms with Gasteiger partial charge >= 0.3 is 91.1 Å². The van der Waals surface area contributed by atoms with E-state index in [1.165, 1.54) is 0 Å². The summed E-state index contributed by atoms with van der Waals surface area (Å²) in [6, 6.07) is 0. The zero-order chi connectivity index (χ0) is 53.4. The van der Waals surface area contributed by atoms with Crippen molar-refractivity contribution in [1.29, 1.82) is 0 Å². The van der Waals surface area contributed by atoms with Crippen LogP contribution in [0.15, 0.2) is 0 Å². The molecule has 24 N–H and O–H groups in total. The van der Waals surface area contributed by atoms with Crippen molar-refractivity contribution < 1.29 is 172 Å². The monoisotopic (exact) mass is 1220 g/mol. The van der Waals surface area contributed by atoms with E-state index in [1.54, 1.807) is 0 Å². The largest absolute Gasteiger partial charge is 0.355 e. The zero-order valence-electron chi connectivity index (χ0n) is 32.0. The van der Waals surface area contributed by atoms with Gasteiger partial charge in [-0.15, -0.1) is 0 Å². The fourth-order valence-electron chi connectivity index (χ4n) is 6.42. The van der Waals surface area contributed by atoms with Crippen molar-refractivity contribution >= 4 is 91.1 Å². The highest BCUT2D eigenvalue weighted by molar-refractivity contribution is 7.74. The number of hydrogen-bond acceptors (Lipinski definition) is 15. The Balaban J connectivity index is 8.13. The molecular formula is C15H47N3O36P12. The second-order valence-corrected chi connectivity index (χ2v) is 36.3. The Hall–Kier alpha value is 1.68. The summed E-state index contributed by atoms with van der Waals surface area (Å²) in [6.45, 7) is -5.37. The molecule has 0 radical (unpaired) electrons. The SMILES string of the molecule is O=P(O)(O)C(N(CCCCC(CCCN(C(P(=O)(O)O)P(=O)(O)O)C(P(=O)(O)O)P(=O)(O)O)CN(C(P(=O)(O)O)P(=O)(O)O)C(P(=O)(O)O)P(=O)(O)O)C(P(=O)(O)O)P(=O)(O)O)P(=O)(O)O. The van der Waals surface area contributed by atoms with Crippen LogP contribution in [0.1, 0.15) is 32.1 Å². The third-order valence-electron chi connectivity index (χ3n) is 8.17. The standard InChI is InChI=1S/C15H47N3O36P12/c19-55(20,21)10(56(22,23)24)16(11(57(25,26)27)58(28,29)30)6-2-1-4-9(8-18(14(63(43,44)45)64(46,47)48)15(65(49,50)51)66(52,53)54)5-3-7-17(12(59(31,32)33)60(34,35)36)13(61(37,38)39)62(40,41)42/h9-15H,1-8H2,(H2,19,20,21)(H2,22,23,24)(H2,25,26,27)(H2,28,29,30)(H2,31,32,33)(H2,34,35,36)(H2,37,38,39)(H2,40,41,42)(H2,43,44,45)(H2,46,47,48)(H2,49,50,51)(H2,52,53,54). The zero-order valence-corrected chi connectivity index (χ0v) is 42.8. The maximum atomic E-state index is 12.5. The van der Waals surface area contributed by atoms with E-state index in [4.69, 9.17) is 0 Å². The average Bonchev–Trinajstić information content (AvgIpc) is 2.89. The predicted molar refractivity (Wildman–Crippen MR) is 214 cm³/mol. The Kier molecular flexibility index (Phi) is 23.6. The molecule has 0 aromatic carbocycles. The summed E-state index contributed by atoms with van der Waals surface area (Å²) in [5, 5.41) is 0. The Bertz CT molecular complexity index is 1990. The van der Waals surface area contributed by atoms with E-state index in [-0.39, 0.29) is 0 Å². The Labute approximate surface area is 368 Å². The first-order valence-electron chi connectivity index (χ1n) is 16.3. The smallest absolute Gasteiger partial charge is 0.323 e. The van der Waals surface area contributed by atoms with Gasteiger partial charge in [-0.25, -0.2) is 0 Å². The third kappa shape index (κ3) is 20.9. The summed E-state index contributed by atoms with van der Waals surface area (Å²) in [5.74, 6) is -2.16. The molecule has 0 aromatic heterocycles. The Morgan fingerprint density at radius 3 is 0.606 bits per heavy atom. The van der Waals surface area contributed by atoms with Gasteiger partial charge in [-0.1, -0.05) is 6.42 Å². The molecule has 0 fully saturated rings. The summed E-state index contributed by atoms with van der Waals surface area (Å²) < 4.78 is 148. The van der Waals surface area contributed by atoms with Crippen LogP contribution in [0.3, 0.4) is 0 Å². The molecule has 66 heavy (non-hydrogen) atoms. The predicted octanol–water partition coefficient (Wildman–Crippen LogP) is -3.71. The minimum absolute atomic E-state index is 0.730. The first-order chi connectivity index (χ1) is 28.4. The number of rotatable bonds is 29. The lowest BCUT2D eigenvalue weighted by Gasteiger charge is -2.40. The van der Waals surface area contributed by atoms with E-state index in [2.05, 4.69) is 0 Å². The molecule has 0 aliphatic rings. The summed E-state index contributed by atoms with van der Waals surface area (Å²) in [6.07, 6.45) is -5.89. The average molecular weight is 1220 g/mol. The minimum Gasteiger partial charge on any atom is -0.323 e. The van der Waals surface area contributed by atoms with Gasteiger partial charge in [0.2, 0.25) is 33.1 Å². The number of hydrogen-bond donors (Lipinski definition) is 24. The summed E-state index contributed by atoms with van der Waals surface area (Å²) >= 11 is 0. The van der Waals surface area contributed by atoms with E-state index in [1.807, 2.05) is 0 Å². The molecule has 0 spiro atoms. The van der Waals surface area contributed by atoms with Gasteiger partial charge in [0.1, 0.15) is 0 Å². The molecule has 1 unspecified atom stereocenters. The van der Waals surface area contributed by atoms with Crippen molar-refractivity contribution in [1.82, 2.24) is 14.7 Å². The van der Waals surface area contributed by atoms with Gasteiger partial charge in [-0.3, -0.25) is 69.5 Å². The first-order valence-corrected chi connectivity index (χ1v) is 36.5. The second-order valence-electron chi connectivity index (χ2n) is 13.8. The van der Waals surface area contributed by atoms with Crippen LogP contribution in [0.4, 0.5) is 0 Å². The molecule has 0 saturated carbocycles. The van der Waals surface area contributed by atoms with Crippen molar-refractivity contribution in [3.63, 3.8) is 0 Å². The van der Waals surface area contributed by atoms with Crippen molar-refractivity contribution in [3.8, 4) is 0 Å². The van der Waals surface area contributed by atoms with Crippen LogP contribution in [0.25, 0.3) is 0 Å². The summed E-state index contributed by atoms with van der Waals surface area (Å²) in [4.78, 5) is 233. The molecule has 0 saturated heterocycles. The van der Waals surface area contributed by atoms with Crippen LogP contribution in [0.5, 0.6) is 0 Å². The fraction of sp³-hybridized carbons (Fsp3) is 1.00. The van der Waals surface area contributed by atoms with E-state index in [0.29, 0.717) is 0 Å². The highest BCUT2D eigenvalue weighted by Gasteiger charge is 2.61. The molecule has 1 atom stereocenters. The molecule has 0 heterocycles. The molecule has 0 aliphatic heterocycles. The highest BCUT2D eigenvalue weighted by Crippen LogP contribution is 2.72. The van der Waals surface area contributed by atoms with Crippen LogP contribution in [-0.2, 0) is 54.8 Å². The van der Waals surface area contributed by atoms with Crippen LogP contribution in [0, 0.1) is 5.92 Å². The third-order valence-corrected chi connectivity index (χ3v) is 29.8. The Morgan fingerprint density at radius 2 is 0.409 bits per heavy atom. The fourth-order valence-corrected chi connectivity index (χ4v) is 24.6. The Morgan fingerprint density at radius 1 is 0.242 bits per heavy atom. The van der Waals surface area contributed by atoms with Crippen molar-refractivity contribution in [2.75, 3.05) is 19.6 Å². The molecule has 0 amide bonds. The van der Waals surface area contributed by atoms with E-state index < -0.39 is 197 Å². The molecule has 0 bridgehead atoms. The summed E-state index contributed by atoms with van der Waals surface area (Å²) in [5.41, 5.74) is -23.3. The van der Waals surface area contributed by atoms with Gasteiger partial charge in [0.15, 0.2) is 0 Å². The maximum absolute atomic E-state index is 12.5. The minimum atomic E-state index is -6.66. The molecule has 0 rings (SSSR count). The normalized spacial score (nSPS) is 16.1. The van der Waals surface area contributed by atoms with Crippen molar-refractivity contribution in [3.05, 3.63) is 0 Å². The number of unbranched alkanes of at least 4 members (excludes halogenated alkanes) is 1. The van der Waals surface area contributed by atoms with Crippen molar-refractivity contribution in [2.45, 2.75) is 65.2 Å². The lowest BCUT2D eigenvalue weighted by molar-refractivity contribution is 0.161. The number of nitrogens with zero attached hydrogens (tertiary/aromatic N) is 3. The van der Waals surface area contributed by atoms with Crippen LogP contribution >= 0.6 is 91.1 Å². The molecule has 0 aliphatic carbocycles. The van der Waals surface area contributed by atoms with Crippen LogP contribution in [0.2, 0.25) is 0 Å². The van der Waals surface area contributed by atoms with E-state index in [0.717, 1.165) is 0 Å². The molecular weight excluding hydrogens is 1170 g/mol. The van der Waals surface area contributed by atoms with Crippen LogP contribution in [-0.4, -0.2) is 185 Å². The lowest BCUT2D eigenvalue weighted by Crippen LogP contribution is -2.46. The topological polar surface area (TPSA) is 700 Å². The van der Waals surface area contributed by atoms with E-state index >= 15 is 0 Å². The molecule has 51 heteroatoms. The summed E-state index contributed by atoms with van der Waals surface area (Å²) in [7, 11) is -78.6. The maximum Gasteiger partial charge on any atom is 0.355 e. The van der Waals surface area contributed by atoms with Gasteiger partial charge in [0.25, 0.3) is 0 Å².